The van der Waals surface area contributed by atoms with Gasteiger partial charge in [0.15, 0.2) is 12.4 Å². The highest BCUT2D eigenvalue weighted by atomic mass is 35.5. The van der Waals surface area contributed by atoms with E-state index in [-0.39, 0.29) is 29.0 Å². The fraction of sp³-hybridized carbons (Fsp3) is 0.167. The number of esters is 1. The third kappa shape index (κ3) is 6.43. The molecule has 0 saturated carbocycles. The Kier molecular flexibility index (Phi) is 7.91. The van der Waals surface area contributed by atoms with Crippen LogP contribution in [0.2, 0.25) is 15.1 Å². The molecule has 0 bridgehead atoms. The average molecular weight is 430 g/mol. The molecule has 0 atom stereocenters. The van der Waals surface area contributed by atoms with Crippen LogP contribution in [0, 0.1) is 0 Å². The van der Waals surface area contributed by atoms with Crippen molar-refractivity contribution in [2.45, 2.75) is 6.92 Å². The first kappa shape index (κ1) is 21.0. The average Bonchev–Trinajstić information content (AvgIpc) is 2.61. The molecule has 2 aromatic carbocycles. The molecule has 0 radical (unpaired) electrons. The number of hydrogen-bond donors (Lipinski definition) is 1. The van der Waals surface area contributed by atoms with Gasteiger partial charge in [-0.15, -0.1) is 0 Å². The van der Waals surface area contributed by atoms with E-state index in [0.29, 0.717) is 16.1 Å². The summed E-state index contributed by atoms with van der Waals surface area (Å²) < 4.78 is 10.1. The summed E-state index contributed by atoms with van der Waals surface area (Å²) in [5, 5.41) is 4.78. The Morgan fingerprint density at radius 2 is 1.74 bits per heavy atom. The Morgan fingerprint density at radius 3 is 2.33 bits per heavy atom. The lowest BCUT2D eigenvalue weighted by molar-refractivity contribution is -0.145. The van der Waals surface area contributed by atoms with Gasteiger partial charge in [-0.25, -0.2) is 10.2 Å². The second-order valence-corrected chi connectivity index (χ2v) is 6.36. The maximum atomic E-state index is 12.0. The molecular weight excluding hydrogens is 415 g/mol. The Bertz CT molecular complexity index is 831. The molecule has 0 saturated heterocycles. The molecule has 142 valence electrons. The first-order chi connectivity index (χ1) is 12.9. The molecule has 0 heterocycles. The van der Waals surface area contributed by atoms with Crippen LogP contribution in [0.15, 0.2) is 41.5 Å². The highest BCUT2D eigenvalue weighted by Crippen LogP contribution is 2.33. The molecule has 0 fully saturated rings. The molecule has 0 aliphatic heterocycles. The Labute approximate surface area is 171 Å². The van der Waals surface area contributed by atoms with E-state index in [1.165, 1.54) is 18.3 Å². The summed E-state index contributed by atoms with van der Waals surface area (Å²) in [5.41, 5.74) is 3.33. The lowest BCUT2D eigenvalue weighted by Gasteiger charge is -2.10. The van der Waals surface area contributed by atoms with Gasteiger partial charge in [0.25, 0.3) is 5.91 Å². The van der Waals surface area contributed by atoms with Gasteiger partial charge in [-0.05, 0) is 48.9 Å². The van der Waals surface area contributed by atoms with E-state index in [1.54, 1.807) is 31.2 Å². The third-order valence-corrected chi connectivity index (χ3v) is 3.96. The summed E-state index contributed by atoms with van der Waals surface area (Å²) >= 11 is 18.0. The third-order valence-electron chi connectivity index (χ3n) is 3.15. The van der Waals surface area contributed by atoms with E-state index in [2.05, 4.69) is 10.5 Å². The largest absolute Gasteiger partial charge is 0.479 e. The quantitative estimate of drug-likeness (QED) is 0.403. The van der Waals surface area contributed by atoms with Gasteiger partial charge in [-0.1, -0.05) is 34.8 Å². The van der Waals surface area contributed by atoms with Crippen molar-refractivity contribution >= 4 is 52.9 Å². The van der Waals surface area contributed by atoms with E-state index in [1.807, 2.05) is 0 Å². The topological polar surface area (TPSA) is 77.0 Å². The maximum absolute atomic E-state index is 12.0. The first-order valence-electron chi connectivity index (χ1n) is 7.77. The number of hydrazone groups is 1. The van der Waals surface area contributed by atoms with E-state index < -0.39 is 11.9 Å². The summed E-state index contributed by atoms with van der Waals surface area (Å²) in [6, 6.07) is 9.44. The van der Waals surface area contributed by atoms with Crippen molar-refractivity contribution in [1.29, 1.82) is 0 Å². The molecule has 0 spiro atoms. The number of ether oxygens (including phenoxy) is 2. The fourth-order valence-corrected chi connectivity index (χ4v) is 2.70. The Morgan fingerprint density at radius 1 is 1.11 bits per heavy atom. The zero-order valence-corrected chi connectivity index (χ0v) is 16.4. The lowest BCUT2D eigenvalue weighted by atomic mass is 10.2. The zero-order valence-electron chi connectivity index (χ0n) is 14.2. The molecule has 2 rings (SSSR count). The predicted molar refractivity (Wildman–Crippen MR) is 105 cm³/mol. The number of halogens is 3. The minimum absolute atomic E-state index is 0.161. The van der Waals surface area contributed by atoms with Crippen LogP contribution in [-0.2, 0) is 9.53 Å². The Hall–Kier alpha value is -2.28. The van der Waals surface area contributed by atoms with E-state index in [0.717, 1.165) is 0 Å². The molecule has 1 N–H and O–H groups in total. The first-order valence-corrected chi connectivity index (χ1v) is 8.90. The molecule has 0 unspecified atom stereocenters. The second-order valence-electron chi connectivity index (χ2n) is 5.11. The monoisotopic (exact) mass is 428 g/mol. The molecule has 0 aliphatic carbocycles. The lowest BCUT2D eigenvalue weighted by Crippen LogP contribution is -2.17. The molecule has 9 heteroatoms. The minimum atomic E-state index is -0.528. The number of nitrogens with one attached hydrogen (secondary N) is 1. The summed E-state index contributed by atoms with van der Waals surface area (Å²) in [7, 11) is 0. The van der Waals surface area contributed by atoms with Gasteiger partial charge in [0.05, 0.1) is 22.9 Å². The van der Waals surface area contributed by atoms with Crippen LogP contribution in [0.25, 0.3) is 0 Å². The molecule has 6 nitrogen and oxygen atoms in total. The van der Waals surface area contributed by atoms with Crippen molar-refractivity contribution in [3.05, 3.63) is 62.6 Å². The van der Waals surface area contributed by atoms with Crippen molar-refractivity contribution in [3.63, 3.8) is 0 Å². The van der Waals surface area contributed by atoms with Gasteiger partial charge in [0.2, 0.25) is 0 Å². The van der Waals surface area contributed by atoms with Crippen LogP contribution in [-0.4, -0.2) is 31.3 Å². The number of nitrogens with zero attached hydrogens (tertiary/aromatic N) is 1. The van der Waals surface area contributed by atoms with Crippen molar-refractivity contribution in [1.82, 2.24) is 5.43 Å². The van der Waals surface area contributed by atoms with Crippen LogP contribution >= 0.6 is 34.8 Å². The standard InChI is InChI=1S/C18H15Cl3N2O4/c1-2-26-16(24)10-27-17-14(20)7-11(8-15(17)21)9-22-23-18(25)12-3-5-13(19)6-4-12/h3-9H,2,10H2,1H3,(H,23,25)/b22-9-. The van der Waals surface area contributed by atoms with E-state index in [4.69, 9.17) is 44.3 Å². The van der Waals surface area contributed by atoms with Gasteiger partial charge >= 0.3 is 5.97 Å². The normalized spacial score (nSPS) is 10.7. The van der Waals surface area contributed by atoms with Crippen LogP contribution in [0.5, 0.6) is 5.75 Å². The SMILES string of the molecule is CCOC(=O)COc1c(Cl)cc(/C=N\NC(=O)c2ccc(Cl)cc2)cc1Cl. The molecule has 0 aromatic heterocycles. The molecule has 0 aliphatic rings. The van der Waals surface area contributed by atoms with Gasteiger partial charge < -0.3 is 9.47 Å². The van der Waals surface area contributed by atoms with Crippen LogP contribution < -0.4 is 10.2 Å². The van der Waals surface area contributed by atoms with Crippen molar-refractivity contribution < 1.29 is 19.1 Å². The summed E-state index contributed by atoms with van der Waals surface area (Å²) in [5.74, 6) is -0.761. The van der Waals surface area contributed by atoms with Gasteiger partial charge in [0, 0.05) is 10.6 Å². The number of hydrogen-bond acceptors (Lipinski definition) is 5. The molecular formula is C18H15Cl3N2O4. The number of rotatable bonds is 7. The number of carbonyl (C=O) groups excluding carboxylic acids is 2. The molecule has 1 amide bonds. The second kappa shape index (κ2) is 10.2. The van der Waals surface area contributed by atoms with Crippen molar-refractivity contribution in [3.8, 4) is 5.75 Å². The van der Waals surface area contributed by atoms with Gasteiger partial charge in [-0.3, -0.25) is 4.79 Å². The van der Waals surface area contributed by atoms with Crippen LogP contribution in [0.3, 0.4) is 0 Å². The fourth-order valence-electron chi connectivity index (χ4n) is 1.96. The van der Waals surface area contributed by atoms with Gasteiger partial charge in [0.1, 0.15) is 0 Å². The number of amides is 1. The van der Waals surface area contributed by atoms with E-state index in [9.17, 15) is 9.59 Å². The highest BCUT2D eigenvalue weighted by Gasteiger charge is 2.12. The van der Waals surface area contributed by atoms with Crippen molar-refractivity contribution in [2.24, 2.45) is 5.10 Å². The Balaban J connectivity index is 2.00. The number of carbonyl (C=O) groups is 2. The summed E-state index contributed by atoms with van der Waals surface area (Å²) in [6.07, 6.45) is 1.38. The number of benzene rings is 2. The molecule has 2 aromatic rings. The summed E-state index contributed by atoms with van der Waals surface area (Å²) in [4.78, 5) is 23.3. The van der Waals surface area contributed by atoms with Crippen molar-refractivity contribution in [2.75, 3.05) is 13.2 Å². The molecule has 27 heavy (non-hydrogen) atoms. The zero-order chi connectivity index (χ0) is 19.8. The predicted octanol–water partition coefficient (Wildman–Crippen LogP) is 4.35. The maximum Gasteiger partial charge on any atom is 0.344 e. The minimum Gasteiger partial charge on any atom is -0.479 e. The van der Waals surface area contributed by atoms with Crippen LogP contribution in [0.1, 0.15) is 22.8 Å². The van der Waals surface area contributed by atoms with Crippen LogP contribution in [0.4, 0.5) is 0 Å². The summed E-state index contributed by atoms with van der Waals surface area (Å²) in [6.45, 7) is 1.64. The van der Waals surface area contributed by atoms with E-state index >= 15 is 0 Å². The smallest absolute Gasteiger partial charge is 0.344 e. The van der Waals surface area contributed by atoms with Gasteiger partial charge in [-0.2, -0.15) is 5.10 Å². The highest BCUT2D eigenvalue weighted by molar-refractivity contribution is 6.37.